The SMILES string of the molecule is C#Cc1ccccc1-c1cc(C2=C(C3CCC(C)CC3)CN(C)CC2)c(C(=O)O)s1.c1cscn1. The lowest BCUT2D eigenvalue weighted by atomic mass is 9.75. The Morgan fingerprint density at radius 3 is 2.60 bits per heavy atom. The van der Waals surface area contributed by atoms with E-state index in [1.165, 1.54) is 48.2 Å². The molecular weight excluding hydrogens is 472 g/mol. The summed E-state index contributed by atoms with van der Waals surface area (Å²) in [6.07, 6.45) is 13.3. The number of likely N-dealkylation sites (N-methyl/N-ethyl adjacent to an activating group) is 1. The van der Waals surface area contributed by atoms with Gasteiger partial charge in [0.1, 0.15) is 4.88 Å². The first kappa shape index (κ1) is 25.4. The topological polar surface area (TPSA) is 53.4 Å². The molecule has 6 heteroatoms. The van der Waals surface area contributed by atoms with Gasteiger partial charge < -0.3 is 10.0 Å². The number of thiazole rings is 1. The lowest BCUT2D eigenvalue weighted by Crippen LogP contribution is -2.31. The van der Waals surface area contributed by atoms with Crippen LogP contribution in [-0.4, -0.2) is 41.1 Å². The summed E-state index contributed by atoms with van der Waals surface area (Å²) >= 11 is 2.95. The Labute approximate surface area is 216 Å². The predicted octanol–water partition coefficient (Wildman–Crippen LogP) is 7.15. The second-order valence-electron chi connectivity index (χ2n) is 9.47. The Hall–Kier alpha value is -2.72. The third-order valence-corrected chi connectivity index (χ3v) is 8.71. The summed E-state index contributed by atoms with van der Waals surface area (Å²) in [5.74, 6) is 3.27. The molecule has 0 bridgehead atoms. The summed E-state index contributed by atoms with van der Waals surface area (Å²) in [5, 5.41) is 11.9. The molecule has 0 radical (unpaired) electrons. The van der Waals surface area contributed by atoms with Gasteiger partial charge >= 0.3 is 5.97 Å². The normalized spacial score (nSPS) is 20.6. The van der Waals surface area contributed by atoms with Gasteiger partial charge in [-0.05, 0) is 61.4 Å². The van der Waals surface area contributed by atoms with Gasteiger partial charge in [0.2, 0.25) is 0 Å². The van der Waals surface area contributed by atoms with Crippen LogP contribution in [0.2, 0.25) is 0 Å². The fourth-order valence-electron chi connectivity index (χ4n) is 5.13. The van der Waals surface area contributed by atoms with E-state index in [-0.39, 0.29) is 0 Å². The summed E-state index contributed by atoms with van der Waals surface area (Å²) in [5.41, 5.74) is 7.19. The molecule has 1 aromatic carbocycles. The zero-order chi connectivity index (χ0) is 24.8. The van der Waals surface area contributed by atoms with Crippen molar-refractivity contribution in [1.82, 2.24) is 9.88 Å². The maximum Gasteiger partial charge on any atom is 0.346 e. The van der Waals surface area contributed by atoms with Gasteiger partial charge in [0.15, 0.2) is 0 Å². The summed E-state index contributed by atoms with van der Waals surface area (Å²) < 4.78 is 0. The molecular formula is C29H32N2O2S2. The molecule has 3 heterocycles. The largest absolute Gasteiger partial charge is 0.477 e. The van der Waals surface area contributed by atoms with E-state index in [0.29, 0.717) is 10.8 Å². The minimum Gasteiger partial charge on any atom is -0.477 e. The molecule has 0 saturated heterocycles. The minimum atomic E-state index is -0.845. The van der Waals surface area contributed by atoms with Crippen molar-refractivity contribution in [2.75, 3.05) is 20.1 Å². The molecule has 1 fully saturated rings. The molecule has 2 aromatic heterocycles. The highest BCUT2D eigenvalue weighted by Gasteiger charge is 2.30. The van der Waals surface area contributed by atoms with E-state index in [4.69, 9.17) is 6.42 Å². The molecule has 1 saturated carbocycles. The van der Waals surface area contributed by atoms with Crippen LogP contribution in [0.5, 0.6) is 0 Å². The molecule has 4 nitrogen and oxygen atoms in total. The van der Waals surface area contributed by atoms with E-state index in [1.54, 1.807) is 23.0 Å². The van der Waals surface area contributed by atoms with E-state index in [1.807, 2.05) is 29.6 Å². The highest BCUT2D eigenvalue weighted by Crippen LogP contribution is 2.43. The first-order chi connectivity index (χ1) is 17.0. The number of thiophene rings is 1. The number of rotatable bonds is 4. The lowest BCUT2D eigenvalue weighted by molar-refractivity contribution is 0.0702. The van der Waals surface area contributed by atoms with E-state index in [0.717, 1.165) is 47.0 Å². The molecule has 0 unspecified atom stereocenters. The molecule has 5 rings (SSSR count). The molecule has 0 atom stereocenters. The zero-order valence-corrected chi connectivity index (χ0v) is 22.0. The van der Waals surface area contributed by atoms with Crippen LogP contribution in [0.4, 0.5) is 0 Å². The number of carboxylic acid groups (broad SMARTS) is 1. The summed E-state index contributed by atoms with van der Waals surface area (Å²) in [4.78, 5) is 19.7. The number of carbonyl (C=O) groups is 1. The fraction of sp³-hybridized carbons (Fsp3) is 0.379. The lowest BCUT2D eigenvalue weighted by Gasteiger charge is -2.35. The molecule has 1 aliphatic carbocycles. The van der Waals surface area contributed by atoms with Gasteiger partial charge in [-0.3, -0.25) is 4.98 Å². The summed E-state index contributed by atoms with van der Waals surface area (Å²) in [6, 6.07) is 9.87. The minimum absolute atomic E-state index is 0.443. The van der Waals surface area contributed by atoms with Crippen molar-refractivity contribution in [3.05, 3.63) is 69.0 Å². The second kappa shape index (κ2) is 11.8. The van der Waals surface area contributed by atoms with E-state index in [2.05, 4.69) is 35.8 Å². The Morgan fingerprint density at radius 2 is 1.97 bits per heavy atom. The molecule has 0 amide bonds. The molecule has 1 N–H and O–H groups in total. The smallest absolute Gasteiger partial charge is 0.346 e. The van der Waals surface area contributed by atoms with Crippen LogP contribution < -0.4 is 0 Å². The number of benzene rings is 1. The van der Waals surface area contributed by atoms with Crippen LogP contribution in [-0.2, 0) is 0 Å². The van der Waals surface area contributed by atoms with Gasteiger partial charge in [0.25, 0.3) is 0 Å². The maximum atomic E-state index is 12.2. The van der Waals surface area contributed by atoms with Gasteiger partial charge in [0, 0.05) is 46.2 Å². The van der Waals surface area contributed by atoms with E-state index < -0.39 is 5.97 Å². The van der Waals surface area contributed by atoms with Crippen LogP contribution in [0.1, 0.15) is 59.8 Å². The van der Waals surface area contributed by atoms with E-state index in [9.17, 15) is 9.90 Å². The van der Waals surface area contributed by atoms with Crippen LogP contribution in [0.3, 0.4) is 0 Å². The first-order valence-corrected chi connectivity index (χ1v) is 13.9. The number of terminal acetylenes is 1. The second-order valence-corrected chi connectivity index (χ2v) is 11.3. The van der Waals surface area contributed by atoms with Crippen molar-refractivity contribution in [3.63, 3.8) is 0 Å². The van der Waals surface area contributed by atoms with Crippen molar-refractivity contribution >= 4 is 34.2 Å². The zero-order valence-electron chi connectivity index (χ0n) is 20.4. The molecule has 0 spiro atoms. The van der Waals surface area contributed by atoms with E-state index >= 15 is 0 Å². The molecule has 35 heavy (non-hydrogen) atoms. The molecule has 182 valence electrons. The third kappa shape index (κ3) is 6.10. The molecule has 2 aliphatic rings. The van der Waals surface area contributed by atoms with Crippen LogP contribution in [0, 0.1) is 24.2 Å². The Balaban J connectivity index is 0.000000514. The number of aromatic carboxylic acids is 1. The van der Waals surface area contributed by atoms with Gasteiger partial charge in [-0.2, -0.15) is 0 Å². The molecule has 3 aromatic rings. The Kier molecular flexibility index (Phi) is 8.56. The fourth-order valence-corrected chi connectivity index (χ4v) is 6.54. The van der Waals surface area contributed by atoms with Crippen molar-refractivity contribution < 1.29 is 9.90 Å². The Morgan fingerprint density at radius 1 is 1.20 bits per heavy atom. The van der Waals surface area contributed by atoms with Gasteiger partial charge in [-0.25, -0.2) is 4.79 Å². The average molecular weight is 505 g/mol. The van der Waals surface area contributed by atoms with Crippen molar-refractivity contribution in [3.8, 4) is 22.8 Å². The first-order valence-electron chi connectivity index (χ1n) is 12.1. The van der Waals surface area contributed by atoms with Gasteiger partial charge in [0.05, 0.1) is 5.51 Å². The average Bonchev–Trinajstić information content (AvgIpc) is 3.58. The van der Waals surface area contributed by atoms with Crippen molar-refractivity contribution in [2.24, 2.45) is 11.8 Å². The summed E-state index contributed by atoms with van der Waals surface area (Å²) in [7, 11) is 2.17. The number of hydrogen-bond acceptors (Lipinski definition) is 5. The Bertz CT molecular complexity index is 1190. The van der Waals surface area contributed by atoms with Gasteiger partial charge in [-0.1, -0.05) is 43.9 Å². The number of aromatic nitrogens is 1. The monoisotopic (exact) mass is 504 g/mol. The third-order valence-electron chi connectivity index (χ3n) is 7.03. The van der Waals surface area contributed by atoms with Crippen LogP contribution in [0.25, 0.3) is 16.0 Å². The van der Waals surface area contributed by atoms with Gasteiger partial charge in [-0.15, -0.1) is 29.1 Å². The maximum absolute atomic E-state index is 12.2. The quantitative estimate of drug-likeness (QED) is 0.383. The van der Waals surface area contributed by atoms with Crippen molar-refractivity contribution in [1.29, 1.82) is 0 Å². The summed E-state index contributed by atoms with van der Waals surface area (Å²) in [6.45, 7) is 4.25. The van der Waals surface area contributed by atoms with Crippen molar-refractivity contribution in [2.45, 2.75) is 39.0 Å². The predicted molar refractivity (Wildman–Crippen MR) is 147 cm³/mol. The highest BCUT2D eigenvalue weighted by molar-refractivity contribution is 7.17. The standard InChI is InChI=1S/C26H29NO2S.C3H3NS/c1-4-18-7-5-6-8-20(18)24-15-22(25(30-24)26(28)29)21-13-14-27(3)16-23(21)19-11-9-17(2)10-12-19;1-2-5-3-4-1/h1,5-8,15,17,19H,9-14,16H2,2-3H3,(H,28,29);1-3H. The number of carboxylic acids is 1. The molecule has 1 aliphatic heterocycles. The number of nitrogens with zero attached hydrogens (tertiary/aromatic N) is 2. The highest BCUT2D eigenvalue weighted by atomic mass is 32.1. The number of hydrogen-bond donors (Lipinski definition) is 1. The van der Waals surface area contributed by atoms with Crippen LogP contribution in [0.15, 0.2) is 53.0 Å². The van der Waals surface area contributed by atoms with Crippen LogP contribution >= 0.6 is 22.7 Å².